The molecule has 2 rings (SSSR count). The molecule has 0 saturated carbocycles. The highest BCUT2D eigenvalue weighted by molar-refractivity contribution is 5.90. The summed E-state index contributed by atoms with van der Waals surface area (Å²) < 4.78 is 4.69. The molecule has 1 N–H and O–H groups in total. The van der Waals surface area contributed by atoms with E-state index in [-0.39, 0.29) is 18.4 Å². The summed E-state index contributed by atoms with van der Waals surface area (Å²) in [6, 6.07) is 1.41. The first-order chi connectivity index (χ1) is 7.18. The largest absolute Gasteiger partial charge is 0.472 e. The standard InChI is InChI=1S/C9H9NO5/c11-7-1-2-8(12)10(7)15-9(13)6-3-4-14-5-6/h3-5,7,11H,1-2H2. The molecule has 0 bridgehead atoms. The maximum absolute atomic E-state index is 11.4. The number of hydrogen-bond acceptors (Lipinski definition) is 5. The fraction of sp³-hybridized carbons (Fsp3) is 0.333. The van der Waals surface area contributed by atoms with Gasteiger partial charge in [-0.15, -0.1) is 5.06 Å². The topological polar surface area (TPSA) is 80.0 Å². The summed E-state index contributed by atoms with van der Waals surface area (Å²) >= 11 is 0. The third kappa shape index (κ3) is 1.84. The van der Waals surface area contributed by atoms with Gasteiger partial charge in [0.05, 0.1) is 6.26 Å². The predicted octanol–water partition coefficient (Wildman–Crippen LogP) is 0.292. The minimum absolute atomic E-state index is 0.180. The van der Waals surface area contributed by atoms with E-state index >= 15 is 0 Å². The van der Waals surface area contributed by atoms with Crippen molar-refractivity contribution >= 4 is 11.9 Å². The van der Waals surface area contributed by atoms with Crippen LogP contribution < -0.4 is 0 Å². The Bertz CT molecular complexity index is 372. The molecule has 1 amide bonds. The predicted molar refractivity (Wildman–Crippen MR) is 46.2 cm³/mol. The first-order valence-corrected chi connectivity index (χ1v) is 4.43. The summed E-state index contributed by atoms with van der Waals surface area (Å²) in [5, 5.41) is 10.0. The maximum Gasteiger partial charge on any atom is 0.366 e. The molecule has 1 aromatic heterocycles. The Morgan fingerprint density at radius 2 is 2.47 bits per heavy atom. The van der Waals surface area contributed by atoms with Gasteiger partial charge in [-0.1, -0.05) is 0 Å². The number of carbonyl (C=O) groups excluding carboxylic acids is 2. The van der Waals surface area contributed by atoms with Gasteiger partial charge in [-0.3, -0.25) is 4.79 Å². The number of furan rings is 1. The van der Waals surface area contributed by atoms with Crippen LogP contribution in [0.5, 0.6) is 0 Å². The Morgan fingerprint density at radius 3 is 3.00 bits per heavy atom. The maximum atomic E-state index is 11.4. The molecule has 1 atom stereocenters. The van der Waals surface area contributed by atoms with Crippen molar-refractivity contribution < 1.29 is 24.0 Å². The smallest absolute Gasteiger partial charge is 0.366 e. The zero-order valence-electron chi connectivity index (χ0n) is 7.75. The van der Waals surface area contributed by atoms with Gasteiger partial charge < -0.3 is 14.4 Å². The van der Waals surface area contributed by atoms with Gasteiger partial charge in [0.25, 0.3) is 5.91 Å². The molecule has 0 spiro atoms. The van der Waals surface area contributed by atoms with E-state index in [1.807, 2.05) is 0 Å². The monoisotopic (exact) mass is 211 g/mol. The van der Waals surface area contributed by atoms with E-state index < -0.39 is 18.1 Å². The van der Waals surface area contributed by atoms with Crippen LogP contribution in [0.15, 0.2) is 23.0 Å². The van der Waals surface area contributed by atoms with Crippen molar-refractivity contribution in [1.82, 2.24) is 5.06 Å². The van der Waals surface area contributed by atoms with Gasteiger partial charge in [-0.05, 0) is 6.07 Å². The van der Waals surface area contributed by atoms with E-state index in [0.29, 0.717) is 5.06 Å². The molecule has 1 aromatic rings. The van der Waals surface area contributed by atoms with E-state index in [1.165, 1.54) is 18.6 Å². The van der Waals surface area contributed by atoms with Crippen LogP contribution >= 0.6 is 0 Å². The lowest BCUT2D eigenvalue weighted by atomic mass is 10.4. The van der Waals surface area contributed by atoms with Gasteiger partial charge >= 0.3 is 5.97 Å². The highest BCUT2D eigenvalue weighted by Crippen LogP contribution is 2.17. The van der Waals surface area contributed by atoms with Gasteiger partial charge in [0.15, 0.2) is 6.23 Å². The number of hydrogen-bond donors (Lipinski definition) is 1. The third-order valence-electron chi connectivity index (χ3n) is 2.07. The van der Waals surface area contributed by atoms with Crippen LogP contribution in [0.1, 0.15) is 23.2 Å². The molecule has 6 heteroatoms. The Morgan fingerprint density at radius 1 is 1.67 bits per heavy atom. The summed E-state index contributed by atoms with van der Waals surface area (Å²) in [6.45, 7) is 0. The first kappa shape index (κ1) is 9.72. The lowest BCUT2D eigenvalue weighted by Crippen LogP contribution is -2.35. The van der Waals surface area contributed by atoms with Crippen molar-refractivity contribution in [1.29, 1.82) is 0 Å². The van der Waals surface area contributed by atoms with E-state index in [4.69, 9.17) is 4.84 Å². The van der Waals surface area contributed by atoms with E-state index in [0.717, 1.165) is 0 Å². The zero-order valence-corrected chi connectivity index (χ0v) is 7.75. The highest BCUT2D eigenvalue weighted by atomic mass is 16.7. The van der Waals surface area contributed by atoms with E-state index in [2.05, 4.69) is 4.42 Å². The zero-order chi connectivity index (χ0) is 10.8. The van der Waals surface area contributed by atoms with Crippen molar-refractivity contribution in [3.8, 4) is 0 Å². The quantitative estimate of drug-likeness (QED) is 0.760. The van der Waals surface area contributed by atoms with Crippen molar-refractivity contribution in [3.63, 3.8) is 0 Å². The second kappa shape index (κ2) is 3.74. The lowest BCUT2D eigenvalue weighted by Gasteiger charge is -2.17. The van der Waals surface area contributed by atoms with E-state index in [9.17, 15) is 14.7 Å². The number of rotatable bonds is 2. The molecular weight excluding hydrogens is 202 g/mol. The number of nitrogens with zero attached hydrogens (tertiary/aromatic N) is 1. The van der Waals surface area contributed by atoms with Crippen LogP contribution in [0.4, 0.5) is 0 Å². The number of carbonyl (C=O) groups is 2. The average molecular weight is 211 g/mol. The molecular formula is C9H9NO5. The van der Waals surface area contributed by atoms with Crippen LogP contribution in [0, 0.1) is 0 Å². The van der Waals surface area contributed by atoms with Gasteiger partial charge in [0.1, 0.15) is 11.8 Å². The number of aliphatic hydroxyl groups excluding tert-OH is 1. The fourth-order valence-electron chi connectivity index (χ4n) is 1.28. The molecule has 1 unspecified atom stereocenters. The van der Waals surface area contributed by atoms with Gasteiger partial charge in [-0.25, -0.2) is 4.79 Å². The van der Waals surface area contributed by atoms with Gasteiger partial charge in [0, 0.05) is 12.8 Å². The Hall–Kier alpha value is -1.82. The molecule has 15 heavy (non-hydrogen) atoms. The molecule has 1 aliphatic heterocycles. The fourth-order valence-corrected chi connectivity index (χ4v) is 1.28. The molecule has 1 fully saturated rings. The van der Waals surface area contributed by atoms with Crippen molar-refractivity contribution in [2.24, 2.45) is 0 Å². The third-order valence-corrected chi connectivity index (χ3v) is 2.07. The van der Waals surface area contributed by atoms with Crippen LogP contribution in [-0.2, 0) is 9.63 Å². The van der Waals surface area contributed by atoms with Crippen LogP contribution in [0.2, 0.25) is 0 Å². The Balaban J connectivity index is 2.03. The molecule has 1 aliphatic rings. The summed E-state index contributed by atoms with van der Waals surface area (Å²) in [7, 11) is 0. The van der Waals surface area contributed by atoms with Crippen molar-refractivity contribution in [2.75, 3.05) is 0 Å². The molecule has 1 saturated heterocycles. The molecule has 6 nitrogen and oxygen atoms in total. The van der Waals surface area contributed by atoms with Gasteiger partial charge in [-0.2, -0.15) is 0 Å². The molecule has 80 valence electrons. The molecule has 0 aromatic carbocycles. The summed E-state index contributed by atoms with van der Waals surface area (Å²) in [5.41, 5.74) is 0.196. The van der Waals surface area contributed by atoms with Gasteiger partial charge in [0.2, 0.25) is 0 Å². The number of hydroxylamine groups is 2. The van der Waals surface area contributed by atoms with Crippen molar-refractivity contribution in [2.45, 2.75) is 19.1 Å². The normalized spacial score (nSPS) is 20.7. The highest BCUT2D eigenvalue weighted by Gasteiger charge is 2.33. The van der Waals surface area contributed by atoms with Crippen molar-refractivity contribution in [3.05, 3.63) is 24.2 Å². The lowest BCUT2D eigenvalue weighted by molar-refractivity contribution is -0.191. The summed E-state index contributed by atoms with van der Waals surface area (Å²) in [5.74, 6) is -1.13. The minimum atomic E-state index is -1.05. The minimum Gasteiger partial charge on any atom is -0.472 e. The van der Waals surface area contributed by atoms with Crippen LogP contribution in [0.3, 0.4) is 0 Å². The number of aliphatic hydroxyl groups is 1. The SMILES string of the molecule is O=C(ON1C(=O)CCC1O)c1ccoc1. The summed E-state index contributed by atoms with van der Waals surface area (Å²) in [4.78, 5) is 27.2. The molecule has 0 radical (unpaired) electrons. The first-order valence-electron chi connectivity index (χ1n) is 4.43. The second-order valence-corrected chi connectivity index (χ2v) is 3.13. The van der Waals surface area contributed by atoms with Crippen LogP contribution in [0.25, 0.3) is 0 Å². The Kier molecular flexibility index (Phi) is 2.42. The molecule has 0 aliphatic carbocycles. The Labute approximate surface area is 85.0 Å². The average Bonchev–Trinajstić information content (AvgIpc) is 2.82. The molecule has 2 heterocycles. The second-order valence-electron chi connectivity index (χ2n) is 3.13. The van der Waals surface area contributed by atoms with Crippen LogP contribution in [-0.4, -0.2) is 28.3 Å². The summed E-state index contributed by atoms with van der Waals surface area (Å²) in [6.07, 6.45) is 1.93. The number of amides is 1. The van der Waals surface area contributed by atoms with E-state index in [1.54, 1.807) is 0 Å².